The minimum absolute atomic E-state index is 0. The van der Waals surface area contributed by atoms with Crippen LogP contribution in [0.2, 0.25) is 0 Å². The van der Waals surface area contributed by atoms with Crippen molar-refractivity contribution in [3.8, 4) is 0 Å². The van der Waals surface area contributed by atoms with E-state index < -0.39 is 11.0 Å². The molecule has 2 aromatic rings. The van der Waals surface area contributed by atoms with Crippen molar-refractivity contribution in [2.24, 2.45) is 11.1 Å². The van der Waals surface area contributed by atoms with E-state index in [4.69, 9.17) is 10.3 Å². The molecule has 1 aliphatic carbocycles. The minimum atomic E-state index is -0.454. The molecule has 0 atom stereocenters. The molecule has 1 fully saturated rings. The maximum Gasteiger partial charge on any atom is 0.232 e. The van der Waals surface area contributed by atoms with Gasteiger partial charge in [0.25, 0.3) is 0 Å². The van der Waals surface area contributed by atoms with Gasteiger partial charge in [-0.05, 0) is 12.8 Å². The Morgan fingerprint density at radius 1 is 1.36 bits per heavy atom. The summed E-state index contributed by atoms with van der Waals surface area (Å²) >= 11 is 1.39. The van der Waals surface area contributed by atoms with E-state index in [-0.39, 0.29) is 18.3 Å². The molecule has 0 radical (unpaired) electrons. The van der Waals surface area contributed by atoms with Crippen LogP contribution in [0.25, 0.3) is 0 Å². The first-order valence-corrected chi connectivity index (χ1v) is 9.02. The summed E-state index contributed by atoms with van der Waals surface area (Å²) < 4.78 is 5.33. The fraction of sp³-hybridized carbons (Fsp3) is 0.625. The van der Waals surface area contributed by atoms with Crippen LogP contribution in [0.4, 0.5) is 5.13 Å². The normalized spacial score (nSPS) is 16.5. The van der Waals surface area contributed by atoms with Crippen molar-refractivity contribution in [3.05, 3.63) is 22.8 Å². The van der Waals surface area contributed by atoms with E-state index >= 15 is 0 Å². The Labute approximate surface area is 157 Å². The molecular weight excluding hydrogens is 362 g/mol. The third kappa shape index (κ3) is 4.56. The zero-order chi connectivity index (χ0) is 17.4. The summed E-state index contributed by atoms with van der Waals surface area (Å²) in [4.78, 5) is 20.8. The summed E-state index contributed by atoms with van der Waals surface area (Å²) in [5, 5.41) is 9.34. The molecule has 0 unspecified atom stereocenters. The van der Waals surface area contributed by atoms with Gasteiger partial charge in [0.2, 0.25) is 11.8 Å². The fourth-order valence-corrected chi connectivity index (χ4v) is 3.35. The second kappa shape index (κ2) is 7.39. The van der Waals surface area contributed by atoms with Gasteiger partial charge in [-0.25, -0.2) is 4.98 Å². The van der Waals surface area contributed by atoms with Crippen LogP contribution in [0.5, 0.6) is 0 Å². The number of aromatic nitrogens is 3. The van der Waals surface area contributed by atoms with Gasteiger partial charge in [0.05, 0.1) is 17.7 Å². The van der Waals surface area contributed by atoms with Crippen molar-refractivity contribution in [1.82, 2.24) is 15.1 Å². The largest absolute Gasteiger partial charge is 0.339 e. The van der Waals surface area contributed by atoms with Gasteiger partial charge in [-0.1, -0.05) is 38.8 Å². The Morgan fingerprint density at radius 3 is 2.68 bits per heavy atom. The van der Waals surface area contributed by atoms with Gasteiger partial charge in [0.15, 0.2) is 11.0 Å². The van der Waals surface area contributed by atoms with Crippen LogP contribution in [0.15, 0.2) is 9.90 Å². The Kier molecular flexibility index (Phi) is 5.86. The fourth-order valence-electron chi connectivity index (χ4n) is 2.64. The molecular formula is C16H24ClN5O2S. The molecule has 0 spiro atoms. The van der Waals surface area contributed by atoms with Gasteiger partial charge in [0, 0.05) is 10.8 Å². The Balaban J connectivity index is 0.00000225. The molecule has 1 aliphatic rings. The molecule has 0 aliphatic heterocycles. The highest BCUT2D eigenvalue weighted by Crippen LogP contribution is 2.34. The summed E-state index contributed by atoms with van der Waals surface area (Å²) in [6, 6.07) is 0. The number of carbonyl (C=O) groups excluding carboxylic acids is 1. The maximum atomic E-state index is 12.0. The van der Waals surface area contributed by atoms with Gasteiger partial charge < -0.3 is 15.6 Å². The van der Waals surface area contributed by atoms with Crippen LogP contribution in [0.1, 0.15) is 63.9 Å². The van der Waals surface area contributed by atoms with Crippen LogP contribution < -0.4 is 11.1 Å². The van der Waals surface area contributed by atoms with E-state index in [1.807, 2.05) is 26.2 Å². The van der Waals surface area contributed by atoms with Gasteiger partial charge in [0.1, 0.15) is 0 Å². The summed E-state index contributed by atoms with van der Waals surface area (Å²) in [5.74, 6) is 1.03. The van der Waals surface area contributed by atoms with E-state index in [1.165, 1.54) is 11.3 Å². The zero-order valence-electron chi connectivity index (χ0n) is 14.7. The molecule has 3 N–H and O–H groups in total. The number of thiazole rings is 1. The Morgan fingerprint density at radius 2 is 2.04 bits per heavy atom. The quantitative estimate of drug-likeness (QED) is 0.836. The average molecular weight is 386 g/mol. The molecule has 9 heteroatoms. The lowest BCUT2D eigenvalue weighted by Crippen LogP contribution is -2.34. The molecule has 138 valence electrons. The first-order chi connectivity index (χ1) is 11.3. The molecule has 25 heavy (non-hydrogen) atoms. The standard InChI is InChI=1S/C16H23N5O2S.ClH/c1-15(2,3)13(22)20-14-18-10(9-24-14)8-11-19-12(21-23-11)16(17)6-4-5-7-16;/h9H,4-8,17H2,1-3H3,(H,18,20,22);1H. The SMILES string of the molecule is CC(C)(C)C(=O)Nc1nc(Cc2nc(C3(N)CCCC3)no2)cs1.Cl. The van der Waals surface area contributed by atoms with E-state index in [1.54, 1.807) is 0 Å². The molecule has 1 amide bonds. The number of nitrogens with two attached hydrogens (primary N) is 1. The first-order valence-electron chi connectivity index (χ1n) is 8.14. The number of anilines is 1. The lowest BCUT2D eigenvalue weighted by molar-refractivity contribution is -0.123. The zero-order valence-corrected chi connectivity index (χ0v) is 16.3. The highest BCUT2D eigenvalue weighted by molar-refractivity contribution is 7.13. The molecule has 0 aromatic carbocycles. The Bertz CT molecular complexity index is 731. The lowest BCUT2D eigenvalue weighted by Gasteiger charge is -2.17. The van der Waals surface area contributed by atoms with Crippen molar-refractivity contribution in [3.63, 3.8) is 0 Å². The number of amides is 1. The van der Waals surface area contributed by atoms with Crippen LogP contribution >= 0.6 is 23.7 Å². The molecule has 2 aromatic heterocycles. The third-order valence-corrected chi connectivity index (χ3v) is 5.00. The number of halogens is 1. The smallest absolute Gasteiger partial charge is 0.232 e. The number of hydrogen-bond donors (Lipinski definition) is 2. The highest BCUT2D eigenvalue weighted by Gasteiger charge is 2.36. The topological polar surface area (TPSA) is 107 Å². The van der Waals surface area contributed by atoms with Crippen LogP contribution in [0.3, 0.4) is 0 Å². The second-order valence-electron chi connectivity index (χ2n) is 7.40. The van der Waals surface area contributed by atoms with Crippen molar-refractivity contribution in [2.75, 3.05) is 5.32 Å². The predicted molar refractivity (Wildman–Crippen MR) is 98.9 cm³/mol. The third-order valence-electron chi connectivity index (χ3n) is 4.19. The molecule has 3 rings (SSSR count). The van der Waals surface area contributed by atoms with Gasteiger partial charge in [-0.15, -0.1) is 23.7 Å². The highest BCUT2D eigenvalue weighted by atomic mass is 35.5. The van der Waals surface area contributed by atoms with Crippen LogP contribution in [-0.4, -0.2) is 21.0 Å². The summed E-state index contributed by atoms with van der Waals surface area (Å²) in [7, 11) is 0. The van der Waals surface area contributed by atoms with E-state index in [0.29, 0.717) is 23.3 Å². The molecule has 7 nitrogen and oxygen atoms in total. The van der Waals surface area contributed by atoms with E-state index in [0.717, 1.165) is 31.4 Å². The van der Waals surface area contributed by atoms with Crippen molar-refractivity contribution < 1.29 is 9.32 Å². The second-order valence-corrected chi connectivity index (χ2v) is 8.26. The van der Waals surface area contributed by atoms with Crippen molar-refractivity contribution >= 4 is 34.8 Å². The lowest BCUT2D eigenvalue weighted by atomic mass is 9.96. The van der Waals surface area contributed by atoms with Crippen molar-refractivity contribution in [2.45, 2.75) is 58.4 Å². The van der Waals surface area contributed by atoms with E-state index in [2.05, 4.69) is 20.4 Å². The first kappa shape index (κ1) is 19.8. The van der Waals surface area contributed by atoms with Gasteiger partial charge in [-0.3, -0.25) is 4.79 Å². The molecule has 0 bridgehead atoms. The summed E-state index contributed by atoms with van der Waals surface area (Å²) in [5.41, 5.74) is 6.23. The summed E-state index contributed by atoms with van der Waals surface area (Å²) in [6.45, 7) is 5.59. The average Bonchev–Trinajstić information content (AvgIpc) is 3.21. The number of rotatable bonds is 4. The monoisotopic (exact) mass is 385 g/mol. The van der Waals surface area contributed by atoms with Crippen LogP contribution in [-0.2, 0) is 16.8 Å². The Hall–Kier alpha value is -1.51. The predicted octanol–water partition coefficient (Wildman–Crippen LogP) is 3.25. The van der Waals surface area contributed by atoms with Crippen LogP contribution in [0, 0.1) is 5.41 Å². The van der Waals surface area contributed by atoms with Crippen molar-refractivity contribution in [1.29, 1.82) is 0 Å². The summed E-state index contributed by atoms with van der Waals surface area (Å²) in [6.07, 6.45) is 4.43. The molecule has 2 heterocycles. The van der Waals surface area contributed by atoms with Gasteiger partial charge in [-0.2, -0.15) is 4.98 Å². The number of nitrogens with zero attached hydrogens (tertiary/aromatic N) is 3. The maximum absolute atomic E-state index is 12.0. The van der Waals surface area contributed by atoms with E-state index in [9.17, 15) is 4.79 Å². The minimum Gasteiger partial charge on any atom is -0.339 e. The molecule has 1 saturated carbocycles. The number of carbonyl (C=O) groups is 1. The number of hydrogen-bond acceptors (Lipinski definition) is 7. The molecule has 0 saturated heterocycles. The van der Waals surface area contributed by atoms with Gasteiger partial charge >= 0.3 is 0 Å². The number of nitrogens with one attached hydrogen (secondary N) is 1.